The van der Waals surface area contributed by atoms with E-state index in [2.05, 4.69) is 21.3 Å². The van der Waals surface area contributed by atoms with Gasteiger partial charge in [-0.25, -0.2) is 0 Å². The molecule has 11 amide bonds. The van der Waals surface area contributed by atoms with Crippen molar-refractivity contribution in [1.29, 1.82) is 0 Å². The second kappa shape index (κ2) is 41.3. The van der Waals surface area contributed by atoms with Gasteiger partial charge in [-0.05, 0) is 125 Å². The molecular weight excluding hydrogens is 1410 g/mol. The molecule has 2 aromatic carbocycles. The largest absolute Gasteiger partial charge is 0.497 e. The molecule has 29 nitrogen and oxygen atoms in total. The zero-order valence-corrected chi connectivity index (χ0v) is 70.2. The van der Waals surface area contributed by atoms with Gasteiger partial charge in [-0.3, -0.25) is 52.7 Å². The predicted octanol–water partition coefficient (Wildman–Crippen LogP) is 6.00. The fourth-order valence-electron chi connectivity index (χ4n) is 13.8. The van der Waals surface area contributed by atoms with Crippen molar-refractivity contribution in [2.75, 3.05) is 83.8 Å². The molecule has 13 unspecified atom stereocenters. The van der Waals surface area contributed by atoms with Crippen LogP contribution in [-0.2, 0) is 52.7 Å². The third-order valence-corrected chi connectivity index (χ3v) is 20.5. The molecule has 616 valence electrons. The van der Waals surface area contributed by atoms with Gasteiger partial charge in [-0.2, -0.15) is 0 Å². The van der Waals surface area contributed by atoms with E-state index in [1.54, 1.807) is 94.1 Å². The van der Waals surface area contributed by atoms with Crippen molar-refractivity contribution in [3.05, 3.63) is 53.6 Å². The number of hydrogen-bond donors (Lipinski definition) is 6. The summed E-state index contributed by atoms with van der Waals surface area (Å²) in [5.74, 6) is -8.37. The van der Waals surface area contributed by atoms with Crippen LogP contribution in [0.15, 0.2) is 42.5 Å². The maximum absolute atomic E-state index is 15.1. The minimum absolute atomic E-state index is 0.0229. The highest BCUT2D eigenvalue weighted by Crippen LogP contribution is 2.49. The second-order valence-electron chi connectivity index (χ2n) is 31.9. The number of methoxy groups -OCH3 is 3. The van der Waals surface area contributed by atoms with Gasteiger partial charge in [-0.15, -0.1) is 0 Å². The first-order valence-electron chi connectivity index (χ1n) is 38.3. The minimum atomic E-state index is -1.61. The highest BCUT2D eigenvalue weighted by atomic mass is 16.7. The molecule has 0 bridgehead atoms. The van der Waals surface area contributed by atoms with E-state index < -0.39 is 162 Å². The maximum atomic E-state index is 15.1. The molecule has 0 aliphatic carbocycles. The highest BCUT2D eigenvalue weighted by Gasteiger charge is 2.48. The number of fused-ring (bicyclic) bond motifs is 4. The smallest absolute Gasteiger partial charge is 0.270 e. The minimum Gasteiger partial charge on any atom is -0.497 e. The van der Waals surface area contributed by atoms with Gasteiger partial charge < -0.3 is 89.5 Å². The molecular formula is C81H129N11O18. The zero-order chi connectivity index (χ0) is 83.6. The lowest BCUT2D eigenvalue weighted by Crippen LogP contribution is -2.63. The van der Waals surface area contributed by atoms with Gasteiger partial charge in [0.15, 0.2) is 18.1 Å². The van der Waals surface area contributed by atoms with Gasteiger partial charge in [0, 0.05) is 78.2 Å². The zero-order valence-electron chi connectivity index (χ0n) is 70.2. The van der Waals surface area contributed by atoms with Crippen LogP contribution in [0.3, 0.4) is 0 Å². The number of allylic oxidation sites excluding steroid dienone is 2. The van der Waals surface area contributed by atoms with Crippen LogP contribution in [0.1, 0.15) is 167 Å². The van der Waals surface area contributed by atoms with Crippen molar-refractivity contribution >= 4 is 76.6 Å². The van der Waals surface area contributed by atoms with E-state index in [-0.39, 0.29) is 62.4 Å². The topological polar surface area (TPSA) is 345 Å². The van der Waals surface area contributed by atoms with Gasteiger partial charge in [0.05, 0.1) is 34.0 Å². The number of ether oxygens (including phenoxy) is 5. The van der Waals surface area contributed by atoms with E-state index in [1.807, 2.05) is 79.7 Å². The average Bonchev–Trinajstić information content (AvgIpc) is 0.734. The molecule has 29 heteroatoms. The lowest BCUT2D eigenvalue weighted by Gasteiger charge is -2.41. The number of carbonyl (C=O) groups is 11. The van der Waals surface area contributed by atoms with Gasteiger partial charge in [-0.1, -0.05) is 109 Å². The molecule has 1 saturated heterocycles. The second-order valence-corrected chi connectivity index (χ2v) is 31.9. The Labute approximate surface area is 652 Å². The van der Waals surface area contributed by atoms with E-state index in [0.717, 1.165) is 15.4 Å². The number of hydrogen-bond acceptors (Lipinski definition) is 18. The molecule has 3 heterocycles. The van der Waals surface area contributed by atoms with E-state index in [0.29, 0.717) is 46.3 Å². The number of aliphatic hydroxyl groups excluding tert-OH is 1. The van der Waals surface area contributed by atoms with Crippen LogP contribution < -0.4 is 45.0 Å². The molecule has 5 rings (SSSR count). The number of rotatable bonds is 18. The van der Waals surface area contributed by atoms with E-state index in [9.17, 15) is 53.4 Å². The van der Waals surface area contributed by atoms with Crippen molar-refractivity contribution < 1.29 is 86.6 Å². The van der Waals surface area contributed by atoms with Crippen LogP contribution in [0.25, 0.3) is 11.6 Å². The third kappa shape index (κ3) is 23.5. The molecule has 13 atom stereocenters. The lowest BCUT2D eigenvalue weighted by atomic mass is 9.90. The number of nitrogens with zero attached hydrogens (tertiary/aromatic N) is 7. The first kappa shape index (κ1) is 93.4. The monoisotopic (exact) mass is 1540 g/mol. The Morgan fingerprint density at radius 1 is 0.536 bits per heavy atom. The lowest BCUT2D eigenvalue weighted by molar-refractivity contribution is -0.157. The summed E-state index contributed by atoms with van der Waals surface area (Å²) in [6.45, 7) is 29.3. The summed E-state index contributed by atoms with van der Waals surface area (Å²) in [6, 6.07) is -3.33. The number of nitrogens with one attached hydrogen (secondary N) is 4. The standard InChI is InChI=1S/C62H111N11O12.C19H18O6/c1-25-27-28-40(15)52(75)51-56(79)65-43(26-2)58(81)67(18)33-48(74)68(19)44(29-34(3)4)55(78)66-49(38(11)12)61(84)69(20)45(30-35(5)6)54(77)63-41(16)53(76)64-42(17)57(80)70(21)46(31-36(7)8)59(82)71(22)47(32-37(9)10)60(83)72(23)50(39(13)14)62(85)73(51)24;1-21-12-5-4-11-6-14-13-8-17(22-2)18(23-3)9-16(13)24-10-19(14,20)25-15(11)7-12/h25,27,34-47,49-52,75H,26,28-33H2,1-24H3,(H,63,77)(H,64,76)(H,65,79)(H,66,78);4-9,20H,10H2,1-3H3. The Balaban J connectivity index is 0.000000843. The molecule has 0 saturated carbocycles. The van der Waals surface area contributed by atoms with Crippen LogP contribution >= 0.6 is 0 Å². The van der Waals surface area contributed by atoms with Gasteiger partial charge in [0.2, 0.25) is 65.0 Å². The molecule has 3 aliphatic rings. The Bertz CT molecular complexity index is 3620. The summed E-state index contributed by atoms with van der Waals surface area (Å²) < 4.78 is 27.5. The Morgan fingerprint density at radius 3 is 1.54 bits per heavy atom. The Morgan fingerprint density at radius 2 is 1.03 bits per heavy atom. The fraction of sp³-hybridized carbons (Fsp3) is 0.667. The number of benzene rings is 2. The van der Waals surface area contributed by atoms with Gasteiger partial charge in [0.1, 0.15) is 77.7 Å². The van der Waals surface area contributed by atoms with Crippen molar-refractivity contribution in [2.45, 2.75) is 229 Å². The summed E-state index contributed by atoms with van der Waals surface area (Å²) >= 11 is 0. The highest BCUT2D eigenvalue weighted by molar-refractivity contribution is 6.00. The Hall–Kier alpha value is -8.99. The van der Waals surface area contributed by atoms with E-state index in [4.69, 9.17) is 23.7 Å². The molecule has 0 radical (unpaired) electrons. The van der Waals surface area contributed by atoms with Crippen LogP contribution in [0.2, 0.25) is 0 Å². The van der Waals surface area contributed by atoms with Crippen molar-refractivity contribution in [3.8, 4) is 28.7 Å². The number of aliphatic hydroxyl groups is 2. The maximum Gasteiger partial charge on any atom is 0.270 e. The third-order valence-electron chi connectivity index (χ3n) is 20.5. The van der Waals surface area contributed by atoms with Crippen LogP contribution in [0, 0.1) is 41.4 Å². The van der Waals surface area contributed by atoms with Crippen molar-refractivity contribution in [3.63, 3.8) is 0 Å². The van der Waals surface area contributed by atoms with Gasteiger partial charge in [0.25, 0.3) is 5.79 Å². The van der Waals surface area contributed by atoms with Crippen LogP contribution in [-0.4, -0.2) is 266 Å². The fourth-order valence-corrected chi connectivity index (χ4v) is 13.8. The summed E-state index contributed by atoms with van der Waals surface area (Å²) in [4.78, 5) is 169. The SMILES string of the molecule is CC=CCC(C)C(O)C1C(=O)NC(CC)C(=O)N(C)CC(=O)N(C)C(CC(C)C)C(=O)NC(C(C)C)C(=O)N(C)C(CC(C)C)C(=O)NC(C)C(=O)NC(C)C(=O)N(C)C(CC(C)C)C(=O)N(C)C(CC(C)C)C(=O)N(C)C(C(C)C)C(=O)N1C.COc1ccc2c(c1)OC1(O)COc3cc(OC)c(OC)cc3C1=C2. The number of amides is 11. The first-order valence-corrected chi connectivity index (χ1v) is 38.3. The normalized spacial score (nSPS) is 25.4. The Kier molecular flexibility index (Phi) is 35.1. The first-order chi connectivity index (χ1) is 51.3. The van der Waals surface area contributed by atoms with Crippen molar-refractivity contribution in [1.82, 2.24) is 55.6 Å². The summed E-state index contributed by atoms with van der Waals surface area (Å²) in [7, 11) is 14.6. The van der Waals surface area contributed by atoms with Crippen molar-refractivity contribution in [2.24, 2.45) is 41.4 Å². The van der Waals surface area contributed by atoms with E-state index in [1.165, 1.54) is 87.7 Å². The summed E-state index contributed by atoms with van der Waals surface area (Å²) in [5, 5.41) is 34.1. The predicted molar refractivity (Wildman–Crippen MR) is 420 cm³/mol. The molecule has 6 N–H and O–H groups in total. The van der Waals surface area contributed by atoms with E-state index >= 15 is 9.59 Å². The molecule has 0 aromatic heterocycles. The van der Waals surface area contributed by atoms with Crippen LogP contribution in [0.5, 0.6) is 28.7 Å². The van der Waals surface area contributed by atoms with Crippen LogP contribution in [0.4, 0.5) is 0 Å². The molecule has 1 fully saturated rings. The molecule has 0 spiro atoms. The quantitative estimate of drug-likeness (QED) is 0.0933. The molecule has 3 aliphatic heterocycles. The molecule has 2 aromatic rings. The number of likely N-dealkylation sites (N-methyl/N-ethyl adjacent to an activating group) is 7. The average molecular weight is 1540 g/mol. The van der Waals surface area contributed by atoms with Gasteiger partial charge >= 0.3 is 0 Å². The molecule has 110 heavy (non-hydrogen) atoms. The summed E-state index contributed by atoms with van der Waals surface area (Å²) in [6.07, 6.45) is 4.94. The number of carbonyl (C=O) groups excluding carboxylic acids is 11. The summed E-state index contributed by atoms with van der Waals surface area (Å²) in [5.41, 5.74) is 2.17.